The largest absolute Gasteiger partial charge is 0.290 e. The van der Waals surface area contributed by atoms with E-state index in [0.717, 1.165) is 0 Å². The highest BCUT2D eigenvalue weighted by Crippen LogP contribution is 2.29. The van der Waals surface area contributed by atoms with Crippen molar-refractivity contribution in [2.75, 3.05) is 0 Å². The maximum absolute atomic E-state index is 11.3. The van der Waals surface area contributed by atoms with Crippen LogP contribution in [0.5, 0.6) is 0 Å². The first kappa shape index (κ1) is 16.1. The van der Waals surface area contributed by atoms with Gasteiger partial charge in [0.2, 0.25) is 9.45 Å². The van der Waals surface area contributed by atoms with Gasteiger partial charge in [0.25, 0.3) is 0 Å². The molecular formula is C15H14Cl2OS. The molecule has 2 aromatic carbocycles. The van der Waals surface area contributed by atoms with E-state index in [2.05, 4.69) is 31.7 Å². The number of carbonyl (C=O) groups excluding carboxylic acids is 1. The molecule has 0 radical (unpaired) electrons. The van der Waals surface area contributed by atoms with Crippen molar-refractivity contribution >= 4 is 41.6 Å². The molecule has 0 aliphatic heterocycles. The monoisotopic (exact) mass is 312 g/mol. The van der Waals surface area contributed by atoms with Crippen LogP contribution in [0.4, 0.5) is 0 Å². The molecule has 4 heteroatoms. The van der Waals surface area contributed by atoms with Crippen LogP contribution in [0.15, 0.2) is 60.7 Å². The fourth-order valence-corrected chi connectivity index (χ4v) is 1.64. The van der Waals surface area contributed by atoms with Crippen LogP contribution in [-0.4, -0.2) is 9.45 Å². The maximum atomic E-state index is 11.3. The van der Waals surface area contributed by atoms with Crippen LogP contribution in [-0.2, 0) is 0 Å². The van der Waals surface area contributed by atoms with Gasteiger partial charge in [-0.2, -0.15) is 0 Å². The van der Waals surface area contributed by atoms with Crippen molar-refractivity contribution in [3.63, 3.8) is 0 Å². The second kappa shape index (κ2) is 7.59. The SMILES string of the molecule is Cc1ccccc1.O=C(c1ccccc1)C(S)(Cl)Cl. The zero-order valence-corrected chi connectivity index (χ0v) is 12.8. The number of halogens is 2. The highest BCUT2D eigenvalue weighted by Gasteiger charge is 2.29. The number of rotatable bonds is 2. The maximum Gasteiger partial charge on any atom is 0.222 e. The van der Waals surface area contributed by atoms with Gasteiger partial charge in [-0.3, -0.25) is 4.79 Å². The summed E-state index contributed by atoms with van der Waals surface area (Å²) in [4.78, 5) is 11.3. The number of hydrogen-bond donors (Lipinski definition) is 1. The van der Waals surface area contributed by atoms with E-state index in [-0.39, 0.29) is 0 Å². The van der Waals surface area contributed by atoms with Crippen molar-refractivity contribution in [1.29, 1.82) is 0 Å². The molecule has 100 valence electrons. The lowest BCUT2D eigenvalue weighted by molar-refractivity contribution is 0.0999. The first-order chi connectivity index (χ1) is 8.91. The first-order valence-electron chi connectivity index (χ1n) is 5.63. The molecule has 0 atom stereocenters. The second-order valence-corrected chi connectivity index (χ2v) is 6.42. The minimum absolute atomic E-state index is 0.408. The molecule has 0 saturated carbocycles. The van der Waals surface area contributed by atoms with E-state index in [0.29, 0.717) is 5.56 Å². The Kier molecular flexibility index (Phi) is 6.43. The lowest BCUT2D eigenvalue weighted by Crippen LogP contribution is -2.18. The van der Waals surface area contributed by atoms with Gasteiger partial charge in [-0.15, -0.1) is 12.6 Å². The van der Waals surface area contributed by atoms with Crippen molar-refractivity contribution < 1.29 is 4.79 Å². The van der Waals surface area contributed by atoms with Gasteiger partial charge in [-0.05, 0) is 6.92 Å². The van der Waals surface area contributed by atoms with Gasteiger partial charge in [0.05, 0.1) is 0 Å². The van der Waals surface area contributed by atoms with Crippen LogP contribution in [0.1, 0.15) is 15.9 Å². The van der Waals surface area contributed by atoms with E-state index in [9.17, 15) is 4.79 Å². The Bertz CT molecular complexity index is 507. The summed E-state index contributed by atoms with van der Waals surface area (Å²) in [6, 6.07) is 18.8. The molecule has 0 unspecified atom stereocenters. The first-order valence-corrected chi connectivity index (χ1v) is 6.83. The lowest BCUT2D eigenvalue weighted by Gasteiger charge is -2.09. The molecule has 1 nitrogen and oxygen atoms in total. The number of hydrogen-bond acceptors (Lipinski definition) is 2. The molecule has 0 spiro atoms. The van der Waals surface area contributed by atoms with Gasteiger partial charge < -0.3 is 0 Å². The Balaban J connectivity index is 0.000000218. The van der Waals surface area contributed by atoms with Crippen molar-refractivity contribution in [3.05, 3.63) is 71.8 Å². The van der Waals surface area contributed by atoms with E-state index in [1.807, 2.05) is 18.2 Å². The number of alkyl halides is 2. The van der Waals surface area contributed by atoms with Crippen molar-refractivity contribution in [3.8, 4) is 0 Å². The van der Waals surface area contributed by atoms with Gasteiger partial charge in [0.15, 0.2) is 0 Å². The van der Waals surface area contributed by atoms with Crippen molar-refractivity contribution in [2.45, 2.75) is 10.6 Å². The van der Waals surface area contributed by atoms with Gasteiger partial charge in [-0.25, -0.2) is 0 Å². The molecule has 2 aromatic rings. The summed E-state index contributed by atoms with van der Waals surface area (Å²) in [6.07, 6.45) is 0. The third kappa shape index (κ3) is 6.15. The average Bonchev–Trinajstić information content (AvgIpc) is 2.39. The standard InChI is InChI=1S/C8H6Cl2OS.C7H8/c9-8(10,12)7(11)6-4-2-1-3-5-6;1-7-5-3-2-4-6-7/h1-5,12H;2-6H,1H3. The Morgan fingerprint density at radius 3 is 1.68 bits per heavy atom. The Labute approximate surface area is 129 Å². The minimum atomic E-state index is -1.64. The zero-order valence-electron chi connectivity index (χ0n) is 10.4. The number of carbonyl (C=O) groups is 1. The quantitative estimate of drug-likeness (QED) is 0.473. The Hall–Kier alpha value is -0.960. The van der Waals surface area contributed by atoms with Crippen LogP contribution in [0, 0.1) is 6.92 Å². The van der Waals surface area contributed by atoms with Gasteiger partial charge in [0.1, 0.15) is 0 Å². The van der Waals surface area contributed by atoms with Crippen LogP contribution < -0.4 is 0 Å². The Morgan fingerprint density at radius 1 is 0.947 bits per heavy atom. The predicted molar refractivity (Wildman–Crippen MR) is 85.4 cm³/mol. The van der Waals surface area contributed by atoms with Gasteiger partial charge in [-0.1, -0.05) is 89.4 Å². The molecule has 19 heavy (non-hydrogen) atoms. The molecule has 0 bridgehead atoms. The molecule has 0 amide bonds. The molecule has 0 fully saturated rings. The average molecular weight is 313 g/mol. The van der Waals surface area contributed by atoms with E-state index in [1.165, 1.54) is 5.56 Å². The van der Waals surface area contributed by atoms with Crippen molar-refractivity contribution in [1.82, 2.24) is 0 Å². The van der Waals surface area contributed by atoms with Crippen LogP contribution in [0.3, 0.4) is 0 Å². The summed E-state index contributed by atoms with van der Waals surface area (Å²) in [7, 11) is 0. The van der Waals surface area contributed by atoms with Gasteiger partial charge in [0, 0.05) is 5.56 Å². The highest BCUT2D eigenvalue weighted by molar-refractivity contribution is 7.86. The Morgan fingerprint density at radius 2 is 1.37 bits per heavy atom. The topological polar surface area (TPSA) is 17.1 Å². The molecule has 0 saturated heterocycles. The number of benzene rings is 2. The summed E-state index contributed by atoms with van der Waals surface area (Å²) in [6.45, 7) is 2.08. The van der Waals surface area contributed by atoms with Crippen LogP contribution in [0.2, 0.25) is 0 Å². The molecule has 2 rings (SSSR count). The third-order valence-corrected chi connectivity index (χ3v) is 2.80. The fraction of sp³-hybridized carbons (Fsp3) is 0.133. The summed E-state index contributed by atoms with van der Waals surface area (Å²) in [5, 5.41) is 0. The molecular weight excluding hydrogens is 299 g/mol. The normalized spacial score (nSPS) is 10.3. The van der Waals surface area contributed by atoms with E-state index in [4.69, 9.17) is 23.2 Å². The molecule has 0 aliphatic rings. The fourth-order valence-electron chi connectivity index (χ4n) is 1.30. The third-order valence-electron chi connectivity index (χ3n) is 2.25. The number of Topliss-reactive ketones (excluding diaryl/α,β-unsaturated/α-hetero) is 1. The molecule has 0 N–H and O–H groups in total. The summed E-state index contributed by atoms with van der Waals surface area (Å²) >= 11 is 14.7. The number of aryl methyl sites for hydroxylation is 1. The number of thiol groups is 1. The summed E-state index contributed by atoms with van der Waals surface area (Å²) < 4.78 is -1.64. The lowest BCUT2D eigenvalue weighted by atomic mass is 10.1. The second-order valence-electron chi connectivity index (χ2n) is 3.89. The summed E-state index contributed by atoms with van der Waals surface area (Å²) in [5.41, 5.74) is 1.78. The van der Waals surface area contributed by atoms with E-state index >= 15 is 0 Å². The van der Waals surface area contributed by atoms with Gasteiger partial charge >= 0.3 is 0 Å². The molecule has 0 aliphatic carbocycles. The minimum Gasteiger partial charge on any atom is -0.290 e. The zero-order chi connectivity index (χ0) is 14.3. The van der Waals surface area contributed by atoms with Crippen molar-refractivity contribution in [2.24, 2.45) is 0 Å². The highest BCUT2D eigenvalue weighted by atomic mass is 35.5. The summed E-state index contributed by atoms with van der Waals surface area (Å²) in [5.74, 6) is -0.408. The molecule has 0 aromatic heterocycles. The number of ketones is 1. The molecule has 0 heterocycles. The van der Waals surface area contributed by atoms with Crippen LogP contribution >= 0.6 is 35.8 Å². The predicted octanol–water partition coefficient (Wildman–Crippen LogP) is 4.93. The van der Waals surface area contributed by atoms with E-state index in [1.54, 1.807) is 30.3 Å². The van der Waals surface area contributed by atoms with Crippen LogP contribution in [0.25, 0.3) is 0 Å². The smallest absolute Gasteiger partial charge is 0.222 e. The van der Waals surface area contributed by atoms with E-state index < -0.39 is 9.45 Å².